The molecule has 11 heteroatoms. The minimum Gasteiger partial charge on any atom is -0.423 e. The number of hydrogen-bond donors (Lipinski definition) is 1. The fraction of sp³-hybridized carbons (Fsp3) is 0.278. The first-order valence-corrected chi connectivity index (χ1v) is 11.8. The summed E-state index contributed by atoms with van der Waals surface area (Å²) in [7, 11) is 0. The Labute approximate surface area is 179 Å². The van der Waals surface area contributed by atoms with Gasteiger partial charge in [0.15, 0.2) is 0 Å². The SMILES string of the molecule is CCOP(=S)(OCC)Oc1ccc(Br)cc1C(=O)Nc1ccc(C(F)(F)F)cc1. The summed E-state index contributed by atoms with van der Waals surface area (Å²) in [4.78, 5) is 12.7. The van der Waals surface area contributed by atoms with Crippen molar-refractivity contribution in [3.8, 4) is 5.75 Å². The zero-order valence-electron chi connectivity index (χ0n) is 15.5. The van der Waals surface area contributed by atoms with E-state index in [1.165, 1.54) is 24.3 Å². The number of amides is 1. The number of anilines is 1. The number of benzene rings is 2. The molecule has 0 radical (unpaired) electrons. The minimum atomic E-state index is -4.46. The molecule has 0 heterocycles. The van der Waals surface area contributed by atoms with Gasteiger partial charge < -0.3 is 9.84 Å². The molecule has 0 aliphatic carbocycles. The molecule has 0 saturated heterocycles. The van der Waals surface area contributed by atoms with E-state index in [9.17, 15) is 18.0 Å². The molecule has 1 amide bonds. The molecule has 0 atom stereocenters. The molecule has 0 aliphatic rings. The minimum absolute atomic E-state index is 0.118. The zero-order valence-corrected chi connectivity index (χ0v) is 18.8. The maximum atomic E-state index is 12.7. The van der Waals surface area contributed by atoms with E-state index in [1.807, 2.05) is 0 Å². The molecule has 2 rings (SSSR count). The molecule has 158 valence electrons. The summed E-state index contributed by atoms with van der Waals surface area (Å²) in [5.41, 5.74) is -0.494. The lowest BCUT2D eigenvalue weighted by Gasteiger charge is -2.22. The molecule has 0 unspecified atom stereocenters. The first kappa shape index (κ1) is 23.8. The number of alkyl halides is 3. The maximum absolute atomic E-state index is 12.7. The van der Waals surface area contributed by atoms with Crippen LogP contribution in [0.4, 0.5) is 18.9 Å². The standard InChI is InChI=1S/C18H18BrF3NO4PS/c1-3-25-28(29,26-4-2)27-16-10-7-13(19)11-15(16)17(24)23-14-8-5-12(6-9-14)18(20,21)22/h5-11H,3-4H2,1-2H3,(H,23,24). The van der Waals surface area contributed by atoms with Crippen LogP contribution in [0.2, 0.25) is 0 Å². The first-order valence-electron chi connectivity index (χ1n) is 8.45. The third-order valence-corrected chi connectivity index (χ3v) is 6.36. The van der Waals surface area contributed by atoms with Gasteiger partial charge in [0.25, 0.3) is 5.91 Å². The fourth-order valence-corrected chi connectivity index (χ4v) is 4.67. The highest BCUT2D eigenvalue weighted by molar-refractivity contribution is 9.10. The van der Waals surface area contributed by atoms with Crippen LogP contribution < -0.4 is 9.84 Å². The van der Waals surface area contributed by atoms with E-state index in [0.717, 1.165) is 12.1 Å². The van der Waals surface area contributed by atoms with Gasteiger partial charge in [-0.1, -0.05) is 15.9 Å². The molecular formula is C18H18BrF3NO4PS. The Morgan fingerprint density at radius 3 is 2.21 bits per heavy atom. The second kappa shape index (κ2) is 10.0. The molecule has 0 aromatic heterocycles. The fourth-order valence-electron chi connectivity index (χ4n) is 2.23. The van der Waals surface area contributed by atoms with Crippen LogP contribution >= 0.6 is 22.6 Å². The van der Waals surface area contributed by atoms with E-state index in [-0.39, 0.29) is 30.2 Å². The number of carbonyl (C=O) groups excluding carboxylic acids is 1. The van der Waals surface area contributed by atoms with Gasteiger partial charge in [-0.3, -0.25) is 13.8 Å². The van der Waals surface area contributed by atoms with Crippen molar-refractivity contribution in [1.82, 2.24) is 0 Å². The summed E-state index contributed by atoms with van der Waals surface area (Å²) in [6.45, 7) is 0.891. The normalized spacial score (nSPS) is 11.9. The van der Waals surface area contributed by atoms with E-state index in [1.54, 1.807) is 19.9 Å². The van der Waals surface area contributed by atoms with Gasteiger partial charge in [0.05, 0.1) is 24.3 Å². The highest BCUT2D eigenvalue weighted by atomic mass is 79.9. The third kappa shape index (κ3) is 6.79. The lowest BCUT2D eigenvalue weighted by Crippen LogP contribution is -2.14. The zero-order chi connectivity index (χ0) is 21.7. The van der Waals surface area contributed by atoms with Crippen LogP contribution in [0, 0.1) is 0 Å². The van der Waals surface area contributed by atoms with Crippen LogP contribution in [-0.4, -0.2) is 19.1 Å². The van der Waals surface area contributed by atoms with Crippen LogP contribution in [0.3, 0.4) is 0 Å². The average molecular weight is 512 g/mol. The van der Waals surface area contributed by atoms with Crippen molar-refractivity contribution >= 4 is 46.0 Å². The molecule has 0 bridgehead atoms. The predicted molar refractivity (Wildman–Crippen MR) is 112 cm³/mol. The summed E-state index contributed by atoms with van der Waals surface area (Å²) in [6, 6.07) is 8.81. The molecule has 1 N–H and O–H groups in total. The van der Waals surface area contributed by atoms with Crippen LogP contribution in [0.1, 0.15) is 29.8 Å². The van der Waals surface area contributed by atoms with Gasteiger partial charge in [0.1, 0.15) is 5.75 Å². The Morgan fingerprint density at radius 2 is 1.69 bits per heavy atom. The quantitative estimate of drug-likeness (QED) is 0.415. The molecule has 5 nitrogen and oxygen atoms in total. The van der Waals surface area contributed by atoms with E-state index in [4.69, 9.17) is 25.4 Å². The van der Waals surface area contributed by atoms with Crippen LogP contribution in [-0.2, 0) is 27.0 Å². The largest absolute Gasteiger partial charge is 0.423 e. The van der Waals surface area contributed by atoms with Crippen LogP contribution in [0.15, 0.2) is 46.9 Å². The second-order valence-electron chi connectivity index (χ2n) is 5.54. The van der Waals surface area contributed by atoms with Crippen molar-refractivity contribution in [3.05, 3.63) is 58.1 Å². The van der Waals surface area contributed by atoms with E-state index < -0.39 is 24.4 Å². The third-order valence-electron chi connectivity index (χ3n) is 3.44. The molecule has 0 fully saturated rings. The smallest absolute Gasteiger partial charge is 0.416 e. The number of carbonyl (C=O) groups is 1. The van der Waals surface area contributed by atoms with E-state index in [2.05, 4.69) is 21.2 Å². The Hall–Kier alpha value is -1.45. The Morgan fingerprint density at radius 1 is 1.10 bits per heavy atom. The summed E-state index contributed by atoms with van der Waals surface area (Å²) in [6.07, 6.45) is -4.46. The van der Waals surface area contributed by atoms with E-state index in [0.29, 0.717) is 4.47 Å². The number of nitrogens with one attached hydrogen (secondary N) is 1. The molecule has 29 heavy (non-hydrogen) atoms. The monoisotopic (exact) mass is 511 g/mol. The van der Waals surface area contributed by atoms with Gasteiger partial charge in [-0.05, 0) is 56.3 Å². The van der Waals surface area contributed by atoms with Gasteiger partial charge in [-0.2, -0.15) is 13.2 Å². The van der Waals surface area contributed by atoms with Crippen molar-refractivity contribution in [2.75, 3.05) is 18.5 Å². The predicted octanol–water partition coefficient (Wildman–Crippen LogP) is 6.40. The Balaban J connectivity index is 2.28. The average Bonchev–Trinajstić information content (AvgIpc) is 2.63. The first-order chi connectivity index (χ1) is 13.6. The molecular weight excluding hydrogens is 494 g/mol. The number of rotatable bonds is 8. The molecule has 2 aromatic rings. The summed E-state index contributed by atoms with van der Waals surface area (Å²) < 4.78 is 55.3. The highest BCUT2D eigenvalue weighted by Gasteiger charge is 2.30. The van der Waals surface area contributed by atoms with Gasteiger partial charge in [0, 0.05) is 22.0 Å². The van der Waals surface area contributed by atoms with Crippen molar-refractivity contribution < 1.29 is 31.5 Å². The molecule has 0 saturated carbocycles. The maximum Gasteiger partial charge on any atom is 0.416 e. The van der Waals surface area contributed by atoms with Gasteiger partial charge in [-0.15, -0.1) is 0 Å². The Kier molecular flexibility index (Phi) is 8.25. The van der Waals surface area contributed by atoms with Gasteiger partial charge in [-0.25, -0.2) is 0 Å². The van der Waals surface area contributed by atoms with Crippen LogP contribution in [0.25, 0.3) is 0 Å². The van der Waals surface area contributed by atoms with Gasteiger partial charge >= 0.3 is 12.9 Å². The number of halogens is 4. The Bertz CT molecular complexity index is 899. The highest BCUT2D eigenvalue weighted by Crippen LogP contribution is 2.50. The molecule has 0 spiro atoms. The summed E-state index contributed by atoms with van der Waals surface area (Å²) in [5.74, 6) is -0.446. The topological polar surface area (TPSA) is 56.8 Å². The summed E-state index contributed by atoms with van der Waals surface area (Å²) in [5, 5.41) is 2.54. The molecule has 0 aliphatic heterocycles. The lowest BCUT2D eigenvalue weighted by atomic mass is 10.1. The van der Waals surface area contributed by atoms with Crippen LogP contribution in [0.5, 0.6) is 5.75 Å². The van der Waals surface area contributed by atoms with E-state index >= 15 is 0 Å². The van der Waals surface area contributed by atoms with Crippen molar-refractivity contribution in [3.63, 3.8) is 0 Å². The summed E-state index contributed by atoms with van der Waals surface area (Å²) >= 11 is 8.62. The second-order valence-corrected chi connectivity index (χ2v) is 9.39. The van der Waals surface area contributed by atoms with Crippen molar-refractivity contribution in [2.45, 2.75) is 20.0 Å². The lowest BCUT2D eigenvalue weighted by molar-refractivity contribution is -0.137. The van der Waals surface area contributed by atoms with Crippen molar-refractivity contribution in [1.29, 1.82) is 0 Å². The van der Waals surface area contributed by atoms with Gasteiger partial charge in [0.2, 0.25) is 0 Å². The van der Waals surface area contributed by atoms with Crippen molar-refractivity contribution in [2.24, 2.45) is 0 Å². The molecule has 2 aromatic carbocycles. The number of hydrogen-bond acceptors (Lipinski definition) is 5.